The number of para-hydroxylation sites is 3. The molecule has 0 aliphatic heterocycles. The summed E-state index contributed by atoms with van der Waals surface area (Å²) in [4.78, 5) is 4.61. The van der Waals surface area contributed by atoms with Gasteiger partial charge < -0.3 is 9.30 Å². The number of benzene rings is 2. The maximum Gasteiger partial charge on any atom is 0.165 e. The first-order valence-electron chi connectivity index (χ1n) is 7.11. The smallest absolute Gasteiger partial charge is 0.165 e. The lowest BCUT2D eigenvalue weighted by atomic mass is 10.3. The molecule has 0 unspecified atom stereocenters. The second-order valence-electron chi connectivity index (χ2n) is 4.80. The molecule has 0 saturated heterocycles. The van der Waals surface area contributed by atoms with Gasteiger partial charge in [0.15, 0.2) is 11.6 Å². The number of aryl methyl sites for hydroxylation is 1. The van der Waals surface area contributed by atoms with Gasteiger partial charge in [-0.1, -0.05) is 31.2 Å². The van der Waals surface area contributed by atoms with Crippen molar-refractivity contribution in [1.82, 2.24) is 9.55 Å². The number of halogens is 1. The highest BCUT2D eigenvalue weighted by Crippen LogP contribution is 2.18. The molecule has 3 aromatic rings. The first-order valence-corrected chi connectivity index (χ1v) is 7.11. The Bertz CT molecular complexity index is 751. The molecular formula is C17H17FN2O. The standard InChI is InChI=1S/C17H17FN2O/c1-2-17-19-14-8-4-5-9-15(14)20(17)11-12-21-16-10-6-3-7-13(16)18/h3-10H,2,11-12H2,1H3. The van der Waals surface area contributed by atoms with Gasteiger partial charge >= 0.3 is 0 Å². The Kier molecular flexibility index (Phi) is 3.86. The van der Waals surface area contributed by atoms with Crippen molar-refractivity contribution in [3.05, 3.63) is 60.2 Å². The van der Waals surface area contributed by atoms with E-state index < -0.39 is 0 Å². The van der Waals surface area contributed by atoms with Crippen LogP contribution in [0.2, 0.25) is 0 Å². The summed E-state index contributed by atoms with van der Waals surface area (Å²) in [6.07, 6.45) is 0.856. The number of fused-ring (bicyclic) bond motifs is 1. The summed E-state index contributed by atoms with van der Waals surface area (Å²) < 4.78 is 21.2. The molecule has 3 nitrogen and oxygen atoms in total. The molecule has 0 amide bonds. The zero-order chi connectivity index (χ0) is 14.7. The number of ether oxygens (including phenoxy) is 1. The van der Waals surface area contributed by atoms with Crippen LogP contribution in [0.1, 0.15) is 12.7 Å². The van der Waals surface area contributed by atoms with Gasteiger partial charge in [-0.2, -0.15) is 0 Å². The van der Waals surface area contributed by atoms with Crippen molar-refractivity contribution in [1.29, 1.82) is 0 Å². The van der Waals surface area contributed by atoms with Crippen LogP contribution in [-0.2, 0) is 13.0 Å². The molecule has 0 spiro atoms. The fraction of sp³-hybridized carbons (Fsp3) is 0.235. The average Bonchev–Trinajstić information content (AvgIpc) is 2.87. The van der Waals surface area contributed by atoms with Gasteiger partial charge in [0.25, 0.3) is 0 Å². The minimum Gasteiger partial charge on any atom is -0.489 e. The lowest BCUT2D eigenvalue weighted by molar-refractivity contribution is 0.284. The Morgan fingerprint density at radius 2 is 1.86 bits per heavy atom. The average molecular weight is 284 g/mol. The molecule has 21 heavy (non-hydrogen) atoms. The zero-order valence-electron chi connectivity index (χ0n) is 11.9. The van der Waals surface area contributed by atoms with E-state index in [1.54, 1.807) is 18.2 Å². The minimum absolute atomic E-state index is 0.292. The lowest BCUT2D eigenvalue weighted by Crippen LogP contribution is -2.11. The number of aromatic nitrogens is 2. The summed E-state index contributed by atoms with van der Waals surface area (Å²) in [6.45, 7) is 3.14. The first kappa shape index (κ1) is 13.6. The molecule has 4 heteroatoms. The van der Waals surface area contributed by atoms with E-state index in [4.69, 9.17) is 4.74 Å². The highest BCUT2D eigenvalue weighted by molar-refractivity contribution is 5.75. The van der Waals surface area contributed by atoms with Crippen LogP contribution < -0.4 is 4.74 Å². The van der Waals surface area contributed by atoms with Gasteiger partial charge in [-0.25, -0.2) is 9.37 Å². The molecule has 0 aliphatic carbocycles. The van der Waals surface area contributed by atoms with Crippen molar-refractivity contribution in [2.45, 2.75) is 19.9 Å². The Labute approximate surface area is 123 Å². The minimum atomic E-state index is -0.330. The number of hydrogen-bond acceptors (Lipinski definition) is 2. The summed E-state index contributed by atoms with van der Waals surface area (Å²) in [5.41, 5.74) is 2.08. The van der Waals surface area contributed by atoms with Gasteiger partial charge in [0.1, 0.15) is 12.4 Å². The maximum atomic E-state index is 13.5. The molecule has 0 aliphatic rings. The quantitative estimate of drug-likeness (QED) is 0.712. The van der Waals surface area contributed by atoms with Crippen LogP contribution in [-0.4, -0.2) is 16.2 Å². The monoisotopic (exact) mass is 284 g/mol. The van der Waals surface area contributed by atoms with Gasteiger partial charge in [0, 0.05) is 6.42 Å². The van der Waals surface area contributed by atoms with Crippen LogP contribution in [0.25, 0.3) is 11.0 Å². The molecular weight excluding hydrogens is 267 g/mol. The van der Waals surface area contributed by atoms with Crippen LogP contribution in [0.3, 0.4) is 0 Å². The van der Waals surface area contributed by atoms with E-state index in [2.05, 4.69) is 16.5 Å². The summed E-state index contributed by atoms with van der Waals surface area (Å²) >= 11 is 0. The van der Waals surface area contributed by atoms with Crippen molar-refractivity contribution in [3.8, 4) is 5.75 Å². The third-order valence-electron chi connectivity index (χ3n) is 3.46. The predicted octanol–water partition coefficient (Wildman–Crippen LogP) is 3.82. The SMILES string of the molecule is CCc1nc2ccccc2n1CCOc1ccccc1F. The fourth-order valence-electron chi connectivity index (χ4n) is 2.45. The largest absolute Gasteiger partial charge is 0.489 e. The molecule has 1 aromatic heterocycles. The van der Waals surface area contributed by atoms with Gasteiger partial charge in [0.05, 0.1) is 17.6 Å². The number of nitrogens with zero attached hydrogens (tertiary/aromatic N) is 2. The maximum absolute atomic E-state index is 13.5. The predicted molar refractivity (Wildman–Crippen MR) is 81.0 cm³/mol. The van der Waals surface area contributed by atoms with E-state index in [-0.39, 0.29) is 5.82 Å². The zero-order valence-corrected chi connectivity index (χ0v) is 11.9. The first-order chi connectivity index (χ1) is 10.3. The van der Waals surface area contributed by atoms with Crippen LogP contribution in [0.4, 0.5) is 4.39 Å². The van der Waals surface area contributed by atoms with E-state index in [0.717, 1.165) is 23.3 Å². The summed E-state index contributed by atoms with van der Waals surface area (Å²) in [7, 11) is 0. The van der Waals surface area contributed by atoms with Crippen LogP contribution in [0.15, 0.2) is 48.5 Å². The molecule has 0 saturated carbocycles. The van der Waals surface area contributed by atoms with Crippen molar-refractivity contribution in [2.75, 3.05) is 6.61 Å². The van der Waals surface area contributed by atoms with E-state index in [1.165, 1.54) is 6.07 Å². The Morgan fingerprint density at radius 3 is 2.67 bits per heavy atom. The van der Waals surface area contributed by atoms with Crippen LogP contribution >= 0.6 is 0 Å². The fourth-order valence-corrected chi connectivity index (χ4v) is 2.45. The topological polar surface area (TPSA) is 27.1 Å². The van der Waals surface area contributed by atoms with Gasteiger partial charge in [-0.15, -0.1) is 0 Å². The van der Waals surface area contributed by atoms with E-state index >= 15 is 0 Å². The van der Waals surface area contributed by atoms with Gasteiger partial charge in [-0.05, 0) is 24.3 Å². The summed E-state index contributed by atoms with van der Waals surface area (Å²) in [5.74, 6) is 0.983. The van der Waals surface area contributed by atoms with Gasteiger partial charge in [0.2, 0.25) is 0 Å². The number of imidazole rings is 1. The van der Waals surface area contributed by atoms with E-state index in [1.807, 2.05) is 24.3 Å². The van der Waals surface area contributed by atoms with Crippen molar-refractivity contribution >= 4 is 11.0 Å². The molecule has 0 atom stereocenters. The second kappa shape index (κ2) is 5.95. The van der Waals surface area contributed by atoms with Crippen LogP contribution in [0, 0.1) is 5.82 Å². The van der Waals surface area contributed by atoms with E-state index in [9.17, 15) is 4.39 Å². The summed E-state index contributed by atoms with van der Waals surface area (Å²) in [5, 5.41) is 0. The van der Waals surface area contributed by atoms with Crippen molar-refractivity contribution in [2.24, 2.45) is 0 Å². The molecule has 3 rings (SSSR count). The molecule has 108 valence electrons. The molecule has 0 fully saturated rings. The van der Waals surface area contributed by atoms with Crippen molar-refractivity contribution in [3.63, 3.8) is 0 Å². The molecule has 0 radical (unpaired) electrons. The molecule has 1 heterocycles. The highest BCUT2D eigenvalue weighted by Gasteiger charge is 2.09. The third kappa shape index (κ3) is 2.75. The second-order valence-corrected chi connectivity index (χ2v) is 4.80. The third-order valence-corrected chi connectivity index (χ3v) is 3.46. The van der Waals surface area contributed by atoms with Gasteiger partial charge in [-0.3, -0.25) is 0 Å². The normalized spacial score (nSPS) is 11.0. The summed E-state index contributed by atoms with van der Waals surface area (Å²) in [6, 6.07) is 14.5. The molecule has 0 bridgehead atoms. The highest BCUT2D eigenvalue weighted by atomic mass is 19.1. The Hall–Kier alpha value is -2.36. The van der Waals surface area contributed by atoms with Crippen molar-refractivity contribution < 1.29 is 9.13 Å². The number of hydrogen-bond donors (Lipinski definition) is 0. The Balaban J connectivity index is 1.77. The lowest BCUT2D eigenvalue weighted by Gasteiger charge is -2.10. The van der Waals surface area contributed by atoms with E-state index in [0.29, 0.717) is 18.9 Å². The van der Waals surface area contributed by atoms with Crippen LogP contribution in [0.5, 0.6) is 5.75 Å². The molecule has 0 N–H and O–H groups in total. The number of rotatable bonds is 5. The Morgan fingerprint density at radius 1 is 1.10 bits per heavy atom. The molecule has 2 aromatic carbocycles.